The third-order valence-electron chi connectivity index (χ3n) is 5.67. The highest BCUT2D eigenvalue weighted by Gasteiger charge is 2.35. The minimum atomic E-state index is -0.450. The molecule has 1 amide bonds. The van der Waals surface area contributed by atoms with E-state index in [1.165, 1.54) is 27.9 Å². The van der Waals surface area contributed by atoms with Crippen molar-refractivity contribution >= 4 is 39.8 Å². The predicted octanol–water partition coefficient (Wildman–Crippen LogP) is 5.83. The van der Waals surface area contributed by atoms with Crippen LogP contribution in [-0.4, -0.2) is 46.8 Å². The minimum Gasteiger partial charge on any atom is -0.490 e. The molecule has 0 unspecified atom stereocenters. The molecular formula is C28H32N4O4S. The van der Waals surface area contributed by atoms with Crippen LogP contribution in [0.1, 0.15) is 50.3 Å². The Labute approximate surface area is 221 Å². The number of nitrogens with zero attached hydrogens (tertiary/aromatic N) is 3. The fourth-order valence-electron chi connectivity index (χ4n) is 3.94. The summed E-state index contributed by atoms with van der Waals surface area (Å²) in [6.45, 7) is 9.34. The number of carbonyl (C=O) groups is 1. The molecule has 2 aliphatic heterocycles. The number of nitrogens with one attached hydrogen (secondary N) is 1. The number of fused-ring (bicyclic) bond motifs is 1. The molecule has 37 heavy (non-hydrogen) atoms. The summed E-state index contributed by atoms with van der Waals surface area (Å²) in [7, 11) is 0. The van der Waals surface area contributed by atoms with Gasteiger partial charge in [0, 0.05) is 0 Å². The second-order valence-corrected chi connectivity index (χ2v) is 9.65. The molecule has 0 aromatic heterocycles. The Morgan fingerprint density at radius 1 is 1.03 bits per heavy atom. The topological polar surface area (TPSA) is 96.6 Å². The number of hydrogen-bond donors (Lipinski definition) is 1. The van der Waals surface area contributed by atoms with Crippen molar-refractivity contribution in [2.45, 2.75) is 47.0 Å². The maximum absolute atomic E-state index is 12.7. The van der Waals surface area contributed by atoms with E-state index >= 15 is 0 Å². The lowest BCUT2D eigenvalue weighted by Gasteiger charge is -2.20. The maximum atomic E-state index is 12.7. The second kappa shape index (κ2) is 12.1. The molecule has 9 heteroatoms. The van der Waals surface area contributed by atoms with Crippen LogP contribution in [0, 0.1) is 12.3 Å². The molecule has 4 rings (SSSR count). The minimum absolute atomic E-state index is 0.0198. The summed E-state index contributed by atoms with van der Waals surface area (Å²) >= 11 is 1.35. The van der Waals surface area contributed by atoms with E-state index in [-0.39, 0.29) is 11.4 Å². The van der Waals surface area contributed by atoms with E-state index in [0.717, 1.165) is 30.1 Å². The summed E-state index contributed by atoms with van der Waals surface area (Å²) in [6, 6.07) is 11.6. The van der Waals surface area contributed by atoms with Crippen molar-refractivity contribution in [1.82, 2.24) is 5.01 Å². The summed E-state index contributed by atoms with van der Waals surface area (Å²) in [5, 5.41) is 15.7. The number of ether oxygens (including phenoxy) is 3. The van der Waals surface area contributed by atoms with Crippen molar-refractivity contribution in [2.75, 3.05) is 19.8 Å². The zero-order valence-electron chi connectivity index (χ0n) is 21.7. The lowest BCUT2D eigenvalue weighted by molar-refractivity contribution is -0.114. The van der Waals surface area contributed by atoms with Crippen LogP contribution in [0.15, 0.2) is 52.1 Å². The van der Waals surface area contributed by atoms with E-state index in [1.54, 1.807) is 18.2 Å². The van der Waals surface area contributed by atoms with E-state index < -0.39 is 5.91 Å². The van der Waals surface area contributed by atoms with Crippen LogP contribution in [0.3, 0.4) is 0 Å². The van der Waals surface area contributed by atoms with Gasteiger partial charge in [-0.05, 0) is 91.9 Å². The smallest absolute Gasteiger partial charge is 0.283 e. The summed E-state index contributed by atoms with van der Waals surface area (Å²) in [6.07, 6.45) is 4.32. The second-order valence-electron chi connectivity index (χ2n) is 8.61. The van der Waals surface area contributed by atoms with Gasteiger partial charge in [-0.1, -0.05) is 26.0 Å². The number of amidine groups is 2. The zero-order chi connectivity index (χ0) is 26.4. The lowest BCUT2D eigenvalue weighted by Crippen LogP contribution is -2.35. The van der Waals surface area contributed by atoms with Crippen LogP contribution >= 0.6 is 11.8 Å². The number of hydrogen-bond acceptors (Lipinski definition) is 7. The Hall–Kier alpha value is -3.59. The molecule has 0 fully saturated rings. The Bertz CT molecular complexity index is 1280. The number of thioether (sulfide) groups is 1. The van der Waals surface area contributed by atoms with Crippen LogP contribution in [0.25, 0.3) is 6.08 Å². The van der Waals surface area contributed by atoms with E-state index in [9.17, 15) is 4.79 Å². The van der Waals surface area contributed by atoms with Gasteiger partial charge >= 0.3 is 0 Å². The number of aryl methyl sites for hydroxylation is 2. The van der Waals surface area contributed by atoms with Crippen LogP contribution in [0.2, 0.25) is 0 Å². The van der Waals surface area contributed by atoms with Gasteiger partial charge in [0.2, 0.25) is 5.17 Å². The number of amides is 1. The average molecular weight is 521 g/mol. The van der Waals surface area contributed by atoms with E-state index in [0.29, 0.717) is 42.1 Å². The summed E-state index contributed by atoms with van der Waals surface area (Å²) < 4.78 is 17.6. The molecular weight excluding hydrogens is 488 g/mol. The van der Waals surface area contributed by atoms with Crippen molar-refractivity contribution < 1.29 is 19.0 Å². The van der Waals surface area contributed by atoms with Crippen LogP contribution < -0.4 is 14.2 Å². The van der Waals surface area contributed by atoms with Crippen molar-refractivity contribution in [3.8, 4) is 17.2 Å². The molecule has 2 heterocycles. The van der Waals surface area contributed by atoms with Gasteiger partial charge in [0.05, 0.1) is 12.2 Å². The standard InChI is InChI=1S/C28H32N4O4S/c1-5-8-25-31-32-26(29)22(27(33)30-28(32)37-25)16-20-9-10-23(24(17-20)34-7-3)36-12-11-35-21-14-18(4)13-19(6-2)15-21/h9-10,13-17,29H,5-8,11-12H2,1-4H3. The van der Waals surface area contributed by atoms with Gasteiger partial charge in [-0.15, -0.1) is 0 Å². The van der Waals surface area contributed by atoms with Gasteiger partial charge < -0.3 is 14.2 Å². The largest absolute Gasteiger partial charge is 0.490 e. The van der Waals surface area contributed by atoms with Crippen LogP contribution in [0.5, 0.6) is 17.2 Å². The Morgan fingerprint density at radius 3 is 2.59 bits per heavy atom. The zero-order valence-corrected chi connectivity index (χ0v) is 22.5. The molecule has 0 spiro atoms. The third-order valence-corrected chi connectivity index (χ3v) is 6.64. The SMILES string of the molecule is CCCC1=NN2C(=N)C(=Cc3ccc(OCCOc4cc(C)cc(CC)c4)c(OCC)c3)C(=O)N=C2S1. The molecule has 2 aromatic carbocycles. The number of aliphatic imine (C=N–C) groups is 1. The maximum Gasteiger partial charge on any atom is 0.283 e. The van der Waals surface area contributed by atoms with Gasteiger partial charge in [-0.3, -0.25) is 10.2 Å². The van der Waals surface area contributed by atoms with Gasteiger partial charge in [-0.25, -0.2) is 0 Å². The third kappa shape index (κ3) is 6.40. The monoisotopic (exact) mass is 520 g/mol. The number of carbonyl (C=O) groups excluding carboxylic acids is 1. The van der Waals surface area contributed by atoms with Gasteiger partial charge in [-0.2, -0.15) is 15.1 Å². The number of benzene rings is 2. The molecule has 2 aliphatic rings. The molecule has 0 aliphatic carbocycles. The first-order valence-electron chi connectivity index (χ1n) is 12.5. The van der Waals surface area contributed by atoms with E-state index in [1.807, 2.05) is 19.1 Å². The summed E-state index contributed by atoms with van der Waals surface area (Å²) in [5.74, 6) is 1.54. The highest BCUT2D eigenvalue weighted by molar-refractivity contribution is 8.26. The fraction of sp³-hybridized carbons (Fsp3) is 0.357. The normalized spacial score (nSPS) is 16.0. The first-order chi connectivity index (χ1) is 17.9. The molecule has 8 nitrogen and oxygen atoms in total. The first kappa shape index (κ1) is 26.5. The molecule has 194 valence electrons. The summed E-state index contributed by atoms with van der Waals surface area (Å²) in [4.78, 5) is 16.8. The van der Waals surface area contributed by atoms with Crippen molar-refractivity contribution in [3.63, 3.8) is 0 Å². The van der Waals surface area contributed by atoms with Crippen molar-refractivity contribution in [3.05, 3.63) is 58.7 Å². The predicted molar refractivity (Wildman–Crippen MR) is 149 cm³/mol. The fourth-order valence-corrected chi connectivity index (χ4v) is 4.92. The Kier molecular flexibility index (Phi) is 8.66. The summed E-state index contributed by atoms with van der Waals surface area (Å²) in [5.41, 5.74) is 3.29. The Morgan fingerprint density at radius 2 is 1.84 bits per heavy atom. The molecule has 0 radical (unpaired) electrons. The average Bonchev–Trinajstić information content (AvgIpc) is 3.28. The lowest BCUT2D eigenvalue weighted by atomic mass is 10.1. The number of hydrazone groups is 1. The molecule has 0 saturated carbocycles. The van der Waals surface area contributed by atoms with Crippen LogP contribution in [-0.2, 0) is 11.2 Å². The van der Waals surface area contributed by atoms with Gasteiger partial charge in [0.15, 0.2) is 17.3 Å². The van der Waals surface area contributed by atoms with E-state index in [4.69, 9.17) is 19.6 Å². The molecule has 2 aromatic rings. The molecule has 0 bridgehead atoms. The van der Waals surface area contributed by atoms with Crippen molar-refractivity contribution in [1.29, 1.82) is 5.41 Å². The highest BCUT2D eigenvalue weighted by atomic mass is 32.2. The van der Waals surface area contributed by atoms with Crippen molar-refractivity contribution in [2.24, 2.45) is 10.1 Å². The van der Waals surface area contributed by atoms with Gasteiger partial charge in [0.25, 0.3) is 5.91 Å². The highest BCUT2D eigenvalue weighted by Crippen LogP contribution is 2.32. The molecule has 0 saturated heterocycles. The van der Waals surface area contributed by atoms with Crippen LogP contribution in [0.4, 0.5) is 0 Å². The molecule has 0 atom stereocenters. The number of rotatable bonds is 11. The quantitative estimate of drug-likeness (QED) is 0.296. The Balaban J connectivity index is 1.45. The molecule has 1 N–H and O–H groups in total. The van der Waals surface area contributed by atoms with Gasteiger partial charge in [0.1, 0.15) is 24.0 Å². The van der Waals surface area contributed by atoms with E-state index in [2.05, 4.69) is 43.0 Å². The first-order valence-corrected chi connectivity index (χ1v) is 13.4.